The van der Waals surface area contributed by atoms with Gasteiger partial charge >= 0.3 is 0 Å². The molecular formula is C29H51F2N5O9S. The molecule has 0 saturated heterocycles. The number of methoxy groups -OCH3 is 1. The zero-order valence-corrected chi connectivity index (χ0v) is 27.6. The lowest BCUT2D eigenvalue weighted by Gasteiger charge is -2.37. The van der Waals surface area contributed by atoms with Crippen molar-refractivity contribution in [2.75, 3.05) is 66.4 Å². The number of nitrogens with two attached hydrogens (primary N) is 2. The van der Waals surface area contributed by atoms with Crippen LogP contribution in [-0.2, 0) is 43.3 Å². The number of aliphatic imine (C=N–C) groups is 1. The molecule has 2 amide bonds. The normalized spacial score (nSPS) is 25.6. The van der Waals surface area contributed by atoms with E-state index >= 15 is 0 Å². The standard InChI is InChI=1S/C29H51F2N5O9S/c1-20(28(38)36-29(32)33)17-21-18-24(30)27(25(31)19-21)45-22-3-5-23(6-4-22)46(39,40)35-9-12-43-14-16-44-15-13-42-11-8-34-26(37)7-10-41-2/h17,21-25,27,35H,3-16,18-19H2,1-2H3,(H,34,37)(H4,32,33,36,38)/b20-17+. The molecule has 0 bridgehead atoms. The van der Waals surface area contributed by atoms with Crippen molar-refractivity contribution in [2.24, 2.45) is 22.4 Å². The second-order valence-corrected chi connectivity index (χ2v) is 13.4. The number of nitrogens with one attached hydrogen (secondary N) is 2. The fourth-order valence-electron chi connectivity index (χ4n) is 5.27. The quantitative estimate of drug-likeness (QED) is 0.0572. The van der Waals surface area contributed by atoms with E-state index < -0.39 is 51.6 Å². The van der Waals surface area contributed by atoms with Crippen molar-refractivity contribution in [1.29, 1.82) is 0 Å². The average molecular weight is 684 g/mol. The Labute approximate surface area is 270 Å². The molecule has 46 heavy (non-hydrogen) atoms. The summed E-state index contributed by atoms with van der Waals surface area (Å²) >= 11 is 0. The number of alkyl halides is 2. The third-order valence-electron chi connectivity index (χ3n) is 7.63. The minimum Gasteiger partial charge on any atom is -0.384 e. The van der Waals surface area contributed by atoms with Crippen molar-refractivity contribution in [2.45, 2.75) is 81.7 Å². The molecule has 0 aromatic heterocycles. The molecule has 0 heterocycles. The Morgan fingerprint density at radius 2 is 1.46 bits per heavy atom. The van der Waals surface area contributed by atoms with Gasteiger partial charge in [0.1, 0.15) is 18.4 Å². The van der Waals surface area contributed by atoms with Crippen LogP contribution >= 0.6 is 0 Å². The molecule has 0 aliphatic heterocycles. The summed E-state index contributed by atoms with van der Waals surface area (Å²) in [5.41, 5.74) is 10.6. The van der Waals surface area contributed by atoms with E-state index in [1.165, 1.54) is 20.1 Å². The summed E-state index contributed by atoms with van der Waals surface area (Å²) in [4.78, 5) is 26.7. The Hall–Kier alpha value is -2.28. The zero-order valence-electron chi connectivity index (χ0n) is 26.8. The largest absolute Gasteiger partial charge is 0.384 e. The molecule has 2 atom stereocenters. The smallest absolute Gasteiger partial charge is 0.275 e. The Balaban J connectivity index is 1.55. The van der Waals surface area contributed by atoms with Crippen molar-refractivity contribution in [3.8, 4) is 0 Å². The lowest BCUT2D eigenvalue weighted by molar-refractivity contribution is -0.122. The van der Waals surface area contributed by atoms with E-state index in [1.807, 2.05) is 0 Å². The SMILES string of the molecule is COCCC(=O)NCCOCCOCCOCCNS(=O)(=O)C1CCC(OC2C(F)CC(/C=C(\C)C(=O)N=C(N)N)CC2F)CC1. The van der Waals surface area contributed by atoms with Gasteiger partial charge in [-0.3, -0.25) is 9.59 Å². The summed E-state index contributed by atoms with van der Waals surface area (Å²) in [6.45, 7) is 4.27. The molecule has 2 aliphatic rings. The van der Waals surface area contributed by atoms with E-state index in [-0.39, 0.29) is 43.4 Å². The first-order valence-electron chi connectivity index (χ1n) is 15.7. The summed E-state index contributed by atoms with van der Waals surface area (Å²) in [5, 5.41) is 2.09. The highest BCUT2D eigenvalue weighted by atomic mass is 32.2. The number of ether oxygens (including phenoxy) is 5. The van der Waals surface area contributed by atoms with Gasteiger partial charge in [-0.2, -0.15) is 4.99 Å². The van der Waals surface area contributed by atoms with Gasteiger partial charge in [0, 0.05) is 32.2 Å². The molecule has 2 unspecified atom stereocenters. The van der Waals surface area contributed by atoms with Gasteiger partial charge in [-0.05, 0) is 51.4 Å². The molecule has 14 nitrogen and oxygen atoms in total. The Kier molecular flexibility index (Phi) is 18.7. The summed E-state index contributed by atoms with van der Waals surface area (Å²) < 4.78 is 84.7. The van der Waals surface area contributed by atoms with Crippen LogP contribution in [0.15, 0.2) is 16.6 Å². The maximum atomic E-state index is 14.9. The van der Waals surface area contributed by atoms with E-state index in [2.05, 4.69) is 15.0 Å². The van der Waals surface area contributed by atoms with Crippen LogP contribution in [0.5, 0.6) is 0 Å². The number of carbonyl (C=O) groups excluding carboxylic acids is 2. The first-order chi connectivity index (χ1) is 21.9. The van der Waals surface area contributed by atoms with E-state index in [0.717, 1.165) is 0 Å². The van der Waals surface area contributed by atoms with Gasteiger partial charge in [0.2, 0.25) is 15.9 Å². The molecule has 17 heteroatoms. The van der Waals surface area contributed by atoms with Crippen LogP contribution in [-0.4, -0.2) is 122 Å². The third kappa shape index (κ3) is 15.5. The van der Waals surface area contributed by atoms with Crippen molar-refractivity contribution in [1.82, 2.24) is 10.0 Å². The molecular weight excluding hydrogens is 632 g/mol. The van der Waals surface area contributed by atoms with E-state index in [9.17, 15) is 26.8 Å². The van der Waals surface area contributed by atoms with Crippen LogP contribution in [0.4, 0.5) is 8.78 Å². The summed E-state index contributed by atoms with van der Waals surface area (Å²) in [5.74, 6) is -1.64. The number of rotatable bonds is 21. The number of hydrogen-bond donors (Lipinski definition) is 4. The van der Waals surface area contributed by atoms with Crippen LogP contribution in [0.3, 0.4) is 0 Å². The number of guanidine groups is 1. The maximum absolute atomic E-state index is 14.9. The fraction of sp³-hybridized carbons (Fsp3) is 0.828. The number of amides is 2. The monoisotopic (exact) mass is 683 g/mol. The van der Waals surface area contributed by atoms with Crippen LogP contribution < -0.4 is 21.5 Å². The molecule has 266 valence electrons. The summed E-state index contributed by atoms with van der Waals surface area (Å²) in [7, 11) is -2.06. The minimum absolute atomic E-state index is 0.00785. The van der Waals surface area contributed by atoms with Gasteiger partial charge in [0.05, 0.1) is 57.6 Å². The Morgan fingerprint density at radius 3 is 2.02 bits per heavy atom. The molecule has 0 radical (unpaired) electrons. The number of halogens is 2. The van der Waals surface area contributed by atoms with Crippen LogP contribution in [0.25, 0.3) is 0 Å². The molecule has 2 aliphatic carbocycles. The average Bonchev–Trinajstić information content (AvgIpc) is 3.00. The number of sulfonamides is 1. The highest BCUT2D eigenvalue weighted by Crippen LogP contribution is 2.35. The Morgan fingerprint density at radius 1 is 0.891 bits per heavy atom. The molecule has 0 spiro atoms. The van der Waals surface area contributed by atoms with Gasteiger partial charge in [-0.1, -0.05) is 6.08 Å². The summed E-state index contributed by atoms with van der Waals surface area (Å²) in [6.07, 6.45) is -1.67. The lowest BCUT2D eigenvalue weighted by atomic mass is 9.83. The van der Waals surface area contributed by atoms with Gasteiger partial charge in [0.15, 0.2) is 5.96 Å². The second kappa shape index (κ2) is 21.6. The number of carbonyl (C=O) groups is 2. The fourth-order valence-corrected chi connectivity index (χ4v) is 6.77. The highest BCUT2D eigenvalue weighted by Gasteiger charge is 2.41. The Bertz CT molecular complexity index is 1070. The van der Waals surface area contributed by atoms with E-state index in [4.69, 9.17) is 35.2 Å². The van der Waals surface area contributed by atoms with Crippen LogP contribution in [0.2, 0.25) is 0 Å². The van der Waals surface area contributed by atoms with Crippen molar-refractivity contribution in [3.63, 3.8) is 0 Å². The number of hydrogen-bond acceptors (Lipinski definition) is 9. The van der Waals surface area contributed by atoms with E-state index in [0.29, 0.717) is 78.3 Å². The van der Waals surface area contributed by atoms with E-state index in [1.54, 1.807) is 0 Å². The van der Waals surface area contributed by atoms with Crippen molar-refractivity contribution in [3.05, 3.63) is 11.6 Å². The van der Waals surface area contributed by atoms with Crippen LogP contribution in [0.1, 0.15) is 51.9 Å². The minimum atomic E-state index is -3.59. The van der Waals surface area contributed by atoms with Gasteiger partial charge < -0.3 is 40.5 Å². The van der Waals surface area contributed by atoms with Crippen LogP contribution in [0, 0.1) is 5.92 Å². The molecule has 0 aromatic carbocycles. The maximum Gasteiger partial charge on any atom is 0.275 e. The predicted molar refractivity (Wildman–Crippen MR) is 167 cm³/mol. The van der Waals surface area contributed by atoms with Crippen molar-refractivity contribution < 1.29 is 50.5 Å². The van der Waals surface area contributed by atoms with Gasteiger partial charge in [0.25, 0.3) is 5.91 Å². The van der Waals surface area contributed by atoms with Gasteiger partial charge in [-0.25, -0.2) is 21.9 Å². The molecule has 2 fully saturated rings. The first kappa shape index (κ1) is 39.9. The molecule has 0 aromatic rings. The first-order valence-corrected chi connectivity index (χ1v) is 17.2. The van der Waals surface area contributed by atoms with Crippen molar-refractivity contribution >= 4 is 27.8 Å². The number of allylic oxidation sites excluding steroid dienone is 1. The molecule has 2 rings (SSSR count). The highest BCUT2D eigenvalue weighted by molar-refractivity contribution is 7.90. The summed E-state index contributed by atoms with van der Waals surface area (Å²) in [6, 6.07) is 0. The predicted octanol–water partition coefficient (Wildman–Crippen LogP) is 0.637. The topological polar surface area (TPSA) is 203 Å². The molecule has 2 saturated carbocycles. The third-order valence-corrected chi connectivity index (χ3v) is 9.58. The second-order valence-electron chi connectivity index (χ2n) is 11.3. The zero-order chi connectivity index (χ0) is 34.0. The number of nitrogens with zero attached hydrogens (tertiary/aromatic N) is 1. The lowest BCUT2D eigenvalue weighted by Crippen LogP contribution is -2.45. The molecule has 6 N–H and O–H groups in total. The van der Waals surface area contributed by atoms with Gasteiger partial charge in [-0.15, -0.1) is 0 Å².